The van der Waals surface area contributed by atoms with Crippen LogP contribution in [0.15, 0.2) is 30.5 Å². The van der Waals surface area contributed by atoms with Crippen LogP contribution in [0.5, 0.6) is 0 Å². The number of aromatic nitrogens is 1. The van der Waals surface area contributed by atoms with Crippen molar-refractivity contribution in [2.45, 2.75) is 38.8 Å². The van der Waals surface area contributed by atoms with Gasteiger partial charge in [0.05, 0.1) is 16.3 Å². The van der Waals surface area contributed by atoms with E-state index >= 15 is 0 Å². The summed E-state index contributed by atoms with van der Waals surface area (Å²) in [6.45, 7) is 6.60. The fourth-order valence-electron chi connectivity index (χ4n) is 3.35. The topological polar surface area (TPSA) is 104 Å². The van der Waals surface area contributed by atoms with Gasteiger partial charge in [0.15, 0.2) is 0 Å². The Morgan fingerprint density at radius 1 is 1.26 bits per heavy atom. The zero-order valence-corrected chi connectivity index (χ0v) is 19.2. The van der Waals surface area contributed by atoms with Gasteiger partial charge in [-0.15, -0.1) is 0 Å². The Bertz CT molecular complexity index is 853. The number of hydrogen-bond donors (Lipinski definition) is 4. The average molecular weight is 470 g/mol. The summed E-state index contributed by atoms with van der Waals surface area (Å²) in [7, 11) is 0. The van der Waals surface area contributed by atoms with Crippen molar-refractivity contribution in [1.82, 2.24) is 10.3 Å². The Morgan fingerprint density at radius 2 is 1.94 bits per heavy atom. The number of carbonyl (C=O) groups is 1. The highest BCUT2D eigenvalue weighted by Crippen LogP contribution is 2.30. The molecule has 1 aliphatic heterocycles. The van der Waals surface area contributed by atoms with Crippen molar-refractivity contribution in [2.75, 3.05) is 25.1 Å². The molecule has 0 amide bonds. The molecule has 0 bridgehead atoms. The third-order valence-corrected chi connectivity index (χ3v) is 5.48. The fraction of sp³-hybridized carbons (Fsp3) is 0.455. The number of benzene rings is 1. The number of anilines is 2. The van der Waals surface area contributed by atoms with Gasteiger partial charge in [0.2, 0.25) is 0 Å². The van der Waals surface area contributed by atoms with Gasteiger partial charge in [-0.05, 0) is 74.5 Å². The van der Waals surface area contributed by atoms with Gasteiger partial charge in [-0.1, -0.05) is 23.2 Å². The molecule has 4 N–H and O–H groups in total. The third kappa shape index (κ3) is 8.27. The number of aliphatic hydroxyl groups is 1. The third-order valence-electron chi connectivity index (χ3n) is 4.93. The molecule has 0 unspecified atom stereocenters. The summed E-state index contributed by atoms with van der Waals surface area (Å²) in [6, 6.07) is 7.12. The van der Waals surface area contributed by atoms with Crippen LogP contribution in [-0.2, 0) is 21.7 Å². The van der Waals surface area contributed by atoms with E-state index in [-0.39, 0.29) is 6.47 Å². The molecular formula is C22H29Cl2N3O4. The largest absolute Gasteiger partial charge is 0.483 e. The van der Waals surface area contributed by atoms with Gasteiger partial charge < -0.3 is 25.6 Å². The maximum absolute atomic E-state index is 10.7. The molecule has 170 valence electrons. The minimum absolute atomic E-state index is 0.250. The lowest BCUT2D eigenvalue weighted by Gasteiger charge is -2.25. The average Bonchev–Trinajstić information content (AvgIpc) is 2.71. The maximum atomic E-state index is 10.7. The van der Waals surface area contributed by atoms with Crippen LogP contribution in [0.25, 0.3) is 0 Å². The number of pyridine rings is 1. The highest BCUT2D eigenvalue weighted by atomic mass is 35.5. The highest BCUT2D eigenvalue weighted by molar-refractivity contribution is 6.36. The standard InChI is InChI=1S/C21H27Cl2N3O2.CH2O2/c1-21(2,27)17-10-20(26-19-4-3-16(22)9-18(19)23)25-13-15(17)12-24-11-14-5-7-28-8-6-14;2-1-3/h3-4,9-10,13-14,24,27H,5-8,11-12H2,1-2H3,(H,25,26);1H,(H,2,3). The van der Waals surface area contributed by atoms with Crippen LogP contribution >= 0.6 is 23.2 Å². The monoisotopic (exact) mass is 469 g/mol. The lowest BCUT2D eigenvalue weighted by atomic mass is 9.94. The van der Waals surface area contributed by atoms with Gasteiger partial charge in [0.25, 0.3) is 6.47 Å². The number of hydrogen-bond acceptors (Lipinski definition) is 6. The first-order valence-electron chi connectivity index (χ1n) is 10.0. The van der Waals surface area contributed by atoms with E-state index in [9.17, 15) is 5.11 Å². The zero-order valence-electron chi connectivity index (χ0n) is 17.7. The smallest absolute Gasteiger partial charge is 0.290 e. The van der Waals surface area contributed by atoms with Crippen LogP contribution in [0.3, 0.4) is 0 Å². The number of nitrogens with zero attached hydrogens (tertiary/aromatic N) is 1. The van der Waals surface area contributed by atoms with Crippen LogP contribution in [0.2, 0.25) is 10.0 Å². The summed E-state index contributed by atoms with van der Waals surface area (Å²) in [4.78, 5) is 12.9. The highest BCUT2D eigenvalue weighted by Gasteiger charge is 2.22. The minimum atomic E-state index is -0.987. The normalized spacial score (nSPS) is 14.5. The summed E-state index contributed by atoms with van der Waals surface area (Å²) in [5, 5.41) is 25.3. The van der Waals surface area contributed by atoms with Gasteiger partial charge in [-0.2, -0.15) is 0 Å². The van der Waals surface area contributed by atoms with Crippen molar-refractivity contribution in [3.05, 3.63) is 51.6 Å². The molecule has 7 nitrogen and oxygen atoms in total. The van der Waals surface area contributed by atoms with Crippen LogP contribution in [0.1, 0.15) is 37.8 Å². The van der Waals surface area contributed by atoms with E-state index in [1.807, 2.05) is 6.07 Å². The maximum Gasteiger partial charge on any atom is 0.290 e. The Balaban J connectivity index is 0.00000107. The molecule has 3 rings (SSSR count). The van der Waals surface area contributed by atoms with E-state index in [4.69, 9.17) is 37.8 Å². The molecule has 1 fully saturated rings. The molecule has 31 heavy (non-hydrogen) atoms. The van der Waals surface area contributed by atoms with Crippen molar-refractivity contribution in [1.29, 1.82) is 0 Å². The van der Waals surface area contributed by atoms with Crippen molar-refractivity contribution in [3.63, 3.8) is 0 Å². The Kier molecular flexibility index (Phi) is 9.99. The lowest BCUT2D eigenvalue weighted by molar-refractivity contribution is -0.122. The first-order valence-corrected chi connectivity index (χ1v) is 10.8. The molecule has 1 aromatic carbocycles. The summed E-state index contributed by atoms with van der Waals surface area (Å²) in [5.41, 5.74) is 1.53. The van der Waals surface area contributed by atoms with E-state index in [1.54, 1.807) is 38.2 Å². The molecule has 0 saturated carbocycles. The summed E-state index contributed by atoms with van der Waals surface area (Å²) in [5.74, 6) is 1.26. The van der Waals surface area contributed by atoms with Crippen molar-refractivity contribution in [3.8, 4) is 0 Å². The minimum Gasteiger partial charge on any atom is -0.483 e. The van der Waals surface area contributed by atoms with Crippen molar-refractivity contribution in [2.24, 2.45) is 5.92 Å². The molecule has 0 spiro atoms. The number of halogens is 2. The summed E-state index contributed by atoms with van der Waals surface area (Å²) in [6.07, 6.45) is 3.99. The first-order chi connectivity index (χ1) is 14.7. The molecule has 1 aliphatic rings. The molecule has 9 heteroatoms. The Morgan fingerprint density at radius 3 is 2.55 bits per heavy atom. The summed E-state index contributed by atoms with van der Waals surface area (Å²) < 4.78 is 5.41. The number of nitrogens with one attached hydrogen (secondary N) is 2. The molecular weight excluding hydrogens is 441 g/mol. The number of rotatable bonds is 7. The van der Waals surface area contributed by atoms with Crippen molar-refractivity contribution < 1.29 is 19.7 Å². The molecule has 1 saturated heterocycles. The van der Waals surface area contributed by atoms with Gasteiger partial charge in [-0.3, -0.25) is 4.79 Å². The number of carboxylic acid groups (broad SMARTS) is 1. The zero-order chi connectivity index (χ0) is 22.9. The van der Waals surface area contributed by atoms with Gasteiger partial charge in [0.1, 0.15) is 5.82 Å². The second-order valence-corrected chi connectivity index (χ2v) is 8.67. The predicted molar refractivity (Wildman–Crippen MR) is 123 cm³/mol. The summed E-state index contributed by atoms with van der Waals surface area (Å²) >= 11 is 12.2. The SMILES string of the molecule is CC(C)(O)c1cc(Nc2ccc(Cl)cc2Cl)ncc1CNCC1CCOCC1.O=CO. The van der Waals surface area contributed by atoms with Crippen LogP contribution in [0, 0.1) is 5.92 Å². The second kappa shape index (κ2) is 12.2. The molecule has 0 atom stereocenters. The predicted octanol–water partition coefficient (Wildman–Crippen LogP) is 4.58. The van der Waals surface area contributed by atoms with Crippen molar-refractivity contribution >= 4 is 41.2 Å². The molecule has 2 aromatic rings. The Labute approximate surface area is 192 Å². The fourth-order valence-corrected chi connectivity index (χ4v) is 3.81. The van der Waals surface area contributed by atoms with Gasteiger partial charge in [-0.25, -0.2) is 4.98 Å². The second-order valence-electron chi connectivity index (χ2n) is 7.83. The van der Waals surface area contributed by atoms with E-state index in [1.165, 1.54) is 0 Å². The van der Waals surface area contributed by atoms with E-state index < -0.39 is 5.60 Å². The lowest BCUT2D eigenvalue weighted by Crippen LogP contribution is -2.29. The molecule has 2 heterocycles. The molecule has 0 aliphatic carbocycles. The van der Waals surface area contributed by atoms with E-state index in [0.717, 1.165) is 43.7 Å². The molecule has 0 radical (unpaired) electrons. The van der Waals surface area contributed by atoms with Crippen LogP contribution in [-0.4, -0.2) is 41.4 Å². The van der Waals surface area contributed by atoms with E-state index in [2.05, 4.69) is 15.6 Å². The Hall–Kier alpha value is -1.90. The van der Waals surface area contributed by atoms with Crippen LogP contribution < -0.4 is 10.6 Å². The van der Waals surface area contributed by atoms with Gasteiger partial charge >= 0.3 is 0 Å². The molecule has 1 aromatic heterocycles. The number of ether oxygens (including phenoxy) is 1. The van der Waals surface area contributed by atoms with E-state index in [0.29, 0.717) is 34.0 Å². The van der Waals surface area contributed by atoms with Crippen LogP contribution in [0.4, 0.5) is 11.5 Å². The quantitative estimate of drug-likeness (QED) is 0.440. The van der Waals surface area contributed by atoms with Gasteiger partial charge in [0, 0.05) is 31.0 Å². The first kappa shape index (κ1) is 25.4.